The van der Waals surface area contributed by atoms with Crippen LogP contribution in [-0.4, -0.2) is 38.8 Å². The summed E-state index contributed by atoms with van der Waals surface area (Å²) in [5, 5.41) is 14.3. The summed E-state index contributed by atoms with van der Waals surface area (Å²) in [5.74, 6) is 1.98. The highest BCUT2D eigenvalue weighted by molar-refractivity contribution is 4.93. The summed E-state index contributed by atoms with van der Waals surface area (Å²) in [7, 11) is 0. The molecule has 1 aromatic heterocycles. The van der Waals surface area contributed by atoms with Gasteiger partial charge in [0.1, 0.15) is 0 Å². The normalized spacial score (nSPS) is 30.9. The van der Waals surface area contributed by atoms with Gasteiger partial charge in [-0.25, -0.2) is 0 Å². The molecule has 5 heteroatoms. The number of aromatic nitrogens is 2. The SMILES string of the molecule is CCCc1noc(CN2CCCC2C2CCCCC2O)n1. The average Bonchev–Trinajstić information content (AvgIpc) is 3.10. The second-order valence-electron chi connectivity index (χ2n) is 6.55. The number of hydrogen-bond acceptors (Lipinski definition) is 5. The number of aliphatic hydroxyl groups excluding tert-OH is 1. The van der Waals surface area contributed by atoms with E-state index in [4.69, 9.17) is 4.52 Å². The van der Waals surface area contributed by atoms with Gasteiger partial charge in [-0.3, -0.25) is 4.90 Å². The van der Waals surface area contributed by atoms with E-state index in [9.17, 15) is 5.11 Å². The Morgan fingerprint density at radius 3 is 2.90 bits per heavy atom. The van der Waals surface area contributed by atoms with Crippen LogP contribution in [0.3, 0.4) is 0 Å². The minimum Gasteiger partial charge on any atom is -0.393 e. The number of nitrogens with zero attached hydrogens (tertiary/aromatic N) is 3. The lowest BCUT2D eigenvalue weighted by molar-refractivity contribution is 0.0178. The fourth-order valence-electron chi connectivity index (χ4n) is 3.98. The van der Waals surface area contributed by atoms with Crippen molar-refractivity contribution >= 4 is 0 Å². The van der Waals surface area contributed by atoms with E-state index >= 15 is 0 Å². The summed E-state index contributed by atoms with van der Waals surface area (Å²) >= 11 is 0. The number of hydrogen-bond donors (Lipinski definition) is 1. The molecule has 1 aromatic rings. The molecule has 118 valence electrons. The Hall–Kier alpha value is -0.940. The lowest BCUT2D eigenvalue weighted by Gasteiger charge is -2.36. The Bertz CT molecular complexity index is 448. The summed E-state index contributed by atoms with van der Waals surface area (Å²) in [6, 6.07) is 0.488. The molecule has 1 aliphatic carbocycles. The number of likely N-dealkylation sites (tertiary alicyclic amines) is 1. The highest BCUT2D eigenvalue weighted by Crippen LogP contribution is 2.35. The van der Waals surface area contributed by atoms with Crippen LogP contribution < -0.4 is 0 Å². The molecule has 1 saturated carbocycles. The first-order valence-electron chi connectivity index (χ1n) is 8.51. The molecule has 1 aliphatic heterocycles. The third-order valence-corrected chi connectivity index (χ3v) is 5.01. The molecule has 3 atom stereocenters. The largest absolute Gasteiger partial charge is 0.393 e. The molecule has 0 spiro atoms. The second kappa shape index (κ2) is 6.88. The monoisotopic (exact) mass is 293 g/mol. The number of rotatable bonds is 5. The minimum atomic E-state index is -0.123. The quantitative estimate of drug-likeness (QED) is 0.904. The Morgan fingerprint density at radius 1 is 1.24 bits per heavy atom. The molecule has 3 rings (SSSR count). The van der Waals surface area contributed by atoms with E-state index in [0.717, 1.165) is 50.5 Å². The van der Waals surface area contributed by atoms with Gasteiger partial charge in [0, 0.05) is 18.4 Å². The van der Waals surface area contributed by atoms with E-state index in [2.05, 4.69) is 22.0 Å². The molecule has 3 unspecified atom stereocenters. The zero-order chi connectivity index (χ0) is 14.7. The van der Waals surface area contributed by atoms with Gasteiger partial charge < -0.3 is 9.63 Å². The zero-order valence-corrected chi connectivity index (χ0v) is 13.0. The van der Waals surface area contributed by atoms with Crippen molar-refractivity contribution in [2.75, 3.05) is 6.54 Å². The first-order chi connectivity index (χ1) is 10.3. The fraction of sp³-hybridized carbons (Fsp3) is 0.875. The van der Waals surface area contributed by atoms with Crippen LogP contribution >= 0.6 is 0 Å². The predicted octanol–water partition coefficient (Wildman–Crippen LogP) is 2.54. The van der Waals surface area contributed by atoms with Crippen molar-refractivity contribution in [1.82, 2.24) is 15.0 Å². The standard InChI is InChI=1S/C16H27N3O2/c1-2-6-15-17-16(21-18-15)11-19-10-5-8-13(19)12-7-3-4-9-14(12)20/h12-14,20H,2-11H2,1H3. The van der Waals surface area contributed by atoms with Crippen LogP contribution in [0.4, 0.5) is 0 Å². The van der Waals surface area contributed by atoms with Crippen molar-refractivity contribution in [2.24, 2.45) is 5.92 Å². The topological polar surface area (TPSA) is 62.4 Å². The predicted molar refractivity (Wildman–Crippen MR) is 79.7 cm³/mol. The molecule has 2 heterocycles. The maximum atomic E-state index is 10.3. The smallest absolute Gasteiger partial charge is 0.240 e. The summed E-state index contributed by atoms with van der Waals surface area (Å²) < 4.78 is 5.38. The second-order valence-corrected chi connectivity index (χ2v) is 6.55. The molecule has 0 amide bonds. The molecule has 21 heavy (non-hydrogen) atoms. The van der Waals surface area contributed by atoms with E-state index in [-0.39, 0.29) is 6.10 Å². The zero-order valence-electron chi connectivity index (χ0n) is 13.0. The molecule has 0 bridgehead atoms. The fourth-order valence-corrected chi connectivity index (χ4v) is 3.98. The van der Waals surface area contributed by atoms with Gasteiger partial charge in [0.2, 0.25) is 5.89 Å². The molecule has 0 aromatic carbocycles. The number of aryl methyl sites for hydroxylation is 1. The maximum absolute atomic E-state index is 10.3. The van der Waals surface area contributed by atoms with Crippen molar-refractivity contribution in [2.45, 2.75) is 77.0 Å². The van der Waals surface area contributed by atoms with Gasteiger partial charge in [-0.2, -0.15) is 4.98 Å². The lowest BCUT2D eigenvalue weighted by atomic mass is 9.80. The third kappa shape index (κ3) is 3.46. The number of aliphatic hydroxyl groups is 1. The van der Waals surface area contributed by atoms with Crippen molar-refractivity contribution in [3.8, 4) is 0 Å². The van der Waals surface area contributed by atoms with Gasteiger partial charge in [-0.1, -0.05) is 24.9 Å². The Balaban J connectivity index is 1.63. The summed E-state index contributed by atoms with van der Waals surface area (Å²) in [4.78, 5) is 6.93. The minimum absolute atomic E-state index is 0.123. The summed E-state index contributed by atoms with van der Waals surface area (Å²) in [6.07, 6.45) is 8.77. The van der Waals surface area contributed by atoms with E-state index in [1.165, 1.54) is 25.7 Å². The van der Waals surface area contributed by atoms with Crippen LogP contribution in [0, 0.1) is 5.92 Å². The van der Waals surface area contributed by atoms with Gasteiger partial charge in [0.15, 0.2) is 5.82 Å². The Labute approximate surface area is 126 Å². The van der Waals surface area contributed by atoms with Gasteiger partial charge in [-0.15, -0.1) is 0 Å². The van der Waals surface area contributed by atoms with Crippen molar-refractivity contribution in [3.05, 3.63) is 11.7 Å². The lowest BCUT2D eigenvalue weighted by Crippen LogP contribution is -2.42. The molecular formula is C16H27N3O2. The van der Waals surface area contributed by atoms with E-state index in [1.807, 2.05) is 0 Å². The van der Waals surface area contributed by atoms with Crippen molar-refractivity contribution < 1.29 is 9.63 Å². The van der Waals surface area contributed by atoms with Crippen LogP contribution in [0.5, 0.6) is 0 Å². The molecule has 2 aliphatic rings. The Morgan fingerprint density at radius 2 is 2.10 bits per heavy atom. The molecule has 5 nitrogen and oxygen atoms in total. The van der Waals surface area contributed by atoms with Crippen LogP contribution in [-0.2, 0) is 13.0 Å². The third-order valence-electron chi connectivity index (χ3n) is 5.01. The van der Waals surface area contributed by atoms with Crippen LogP contribution in [0.15, 0.2) is 4.52 Å². The highest BCUT2D eigenvalue weighted by Gasteiger charge is 2.37. The van der Waals surface area contributed by atoms with E-state index < -0.39 is 0 Å². The molecule has 1 N–H and O–H groups in total. The molecule has 0 radical (unpaired) electrons. The van der Waals surface area contributed by atoms with Crippen molar-refractivity contribution in [3.63, 3.8) is 0 Å². The maximum Gasteiger partial charge on any atom is 0.240 e. The van der Waals surface area contributed by atoms with Crippen LogP contribution in [0.25, 0.3) is 0 Å². The van der Waals surface area contributed by atoms with E-state index in [0.29, 0.717) is 12.0 Å². The van der Waals surface area contributed by atoms with Crippen molar-refractivity contribution in [1.29, 1.82) is 0 Å². The highest BCUT2D eigenvalue weighted by atomic mass is 16.5. The summed E-state index contributed by atoms with van der Waals surface area (Å²) in [5.41, 5.74) is 0. The molecular weight excluding hydrogens is 266 g/mol. The molecule has 2 fully saturated rings. The van der Waals surface area contributed by atoms with Crippen LogP contribution in [0.1, 0.15) is 63.6 Å². The molecule has 1 saturated heterocycles. The Kier molecular flexibility index (Phi) is 4.91. The summed E-state index contributed by atoms with van der Waals surface area (Å²) in [6.45, 7) is 3.95. The van der Waals surface area contributed by atoms with Gasteiger partial charge in [-0.05, 0) is 38.6 Å². The van der Waals surface area contributed by atoms with Gasteiger partial charge in [0.05, 0.1) is 12.6 Å². The average molecular weight is 293 g/mol. The van der Waals surface area contributed by atoms with Gasteiger partial charge in [0.25, 0.3) is 0 Å². The first kappa shape index (κ1) is 15.0. The van der Waals surface area contributed by atoms with Crippen LogP contribution in [0.2, 0.25) is 0 Å². The van der Waals surface area contributed by atoms with Gasteiger partial charge >= 0.3 is 0 Å². The first-order valence-corrected chi connectivity index (χ1v) is 8.51. The van der Waals surface area contributed by atoms with E-state index in [1.54, 1.807) is 0 Å².